The number of carbonyl (C=O) groups is 1. The van der Waals surface area contributed by atoms with Crippen molar-refractivity contribution in [2.75, 3.05) is 20.8 Å². The predicted octanol–water partition coefficient (Wildman–Crippen LogP) is 3.01. The monoisotopic (exact) mass is 340 g/mol. The molecule has 25 heavy (non-hydrogen) atoms. The van der Waals surface area contributed by atoms with Crippen LogP contribution in [0.5, 0.6) is 5.75 Å². The minimum Gasteiger partial charge on any atom is -0.496 e. The first-order valence-electron chi connectivity index (χ1n) is 8.60. The number of amides is 1. The first kappa shape index (κ1) is 17.4. The summed E-state index contributed by atoms with van der Waals surface area (Å²) in [5, 5.41) is 0. The van der Waals surface area contributed by atoms with Crippen LogP contribution in [0.2, 0.25) is 0 Å². The number of hydrogen-bond acceptors (Lipinski definition) is 4. The highest BCUT2D eigenvalue weighted by Gasteiger charge is 2.34. The molecule has 0 N–H and O–H groups in total. The smallest absolute Gasteiger partial charge is 0.222 e. The van der Waals surface area contributed by atoms with Gasteiger partial charge < -0.3 is 14.4 Å². The molecule has 1 saturated heterocycles. The minimum absolute atomic E-state index is 0.0503. The Morgan fingerprint density at radius 1 is 1.32 bits per heavy atom. The third kappa shape index (κ3) is 3.99. The molecule has 2 heterocycles. The number of ether oxygens (including phenoxy) is 2. The molecule has 0 aliphatic carbocycles. The molecule has 2 atom stereocenters. The Bertz CT molecular complexity index is 705. The first-order chi connectivity index (χ1) is 12.2. The number of hydrogen-bond donors (Lipinski definition) is 0. The Morgan fingerprint density at radius 2 is 2.16 bits per heavy atom. The number of likely N-dealkylation sites (N-methyl/N-ethyl adjacent to an activating group) is 1. The maximum absolute atomic E-state index is 12.7. The van der Waals surface area contributed by atoms with Gasteiger partial charge in [0.25, 0.3) is 0 Å². The Kier molecular flexibility index (Phi) is 5.66. The van der Waals surface area contributed by atoms with Crippen LogP contribution in [0, 0.1) is 0 Å². The third-order valence-electron chi connectivity index (χ3n) is 4.77. The van der Waals surface area contributed by atoms with Crippen LogP contribution in [-0.2, 0) is 16.0 Å². The van der Waals surface area contributed by atoms with Gasteiger partial charge in [-0.15, -0.1) is 0 Å². The molecular weight excluding hydrogens is 316 g/mol. The molecule has 0 bridgehead atoms. The van der Waals surface area contributed by atoms with Gasteiger partial charge in [0.2, 0.25) is 5.91 Å². The number of aryl methyl sites for hydroxylation is 1. The minimum atomic E-state index is -0.103. The van der Waals surface area contributed by atoms with E-state index in [-0.39, 0.29) is 18.1 Å². The number of carbonyl (C=O) groups excluding carboxylic acids is 1. The number of aromatic nitrogens is 1. The zero-order valence-electron chi connectivity index (χ0n) is 14.7. The summed E-state index contributed by atoms with van der Waals surface area (Å²) in [5.74, 6) is 0.950. The van der Waals surface area contributed by atoms with Crippen molar-refractivity contribution < 1.29 is 14.3 Å². The lowest BCUT2D eigenvalue weighted by molar-refractivity contribution is -0.133. The molecule has 2 aromatic rings. The number of pyridine rings is 1. The van der Waals surface area contributed by atoms with E-state index in [9.17, 15) is 4.79 Å². The van der Waals surface area contributed by atoms with Gasteiger partial charge in [-0.05, 0) is 30.5 Å². The van der Waals surface area contributed by atoms with Crippen molar-refractivity contribution in [1.82, 2.24) is 9.88 Å². The van der Waals surface area contributed by atoms with E-state index < -0.39 is 0 Å². The largest absolute Gasteiger partial charge is 0.496 e. The summed E-state index contributed by atoms with van der Waals surface area (Å²) < 4.78 is 11.2. The molecule has 1 amide bonds. The summed E-state index contributed by atoms with van der Waals surface area (Å²) in [6, 6.07) is 11.8. The molecule has 0 spiro atoms. The van der Waals surface area contributed by atoms with E-state index in [4.69, 9.17) is 9.47 Å². The van der Waals surface area contributed by atoms with E-state index >= 15 is 0 Å². The molecule has 1 aromatic carbocycles. The van der Waals surface area contributed by atoms with E-state index in [2.05, 4.69) is 4.98 Å². The van der Waals surface area contributed by atoms with Crippen molar-refractivity contribution in [2.24, 2.45) is 0 Å². The first-order valence-corrected chi connectivity index (χ1v) is 8.60. The van der Waals surface area contributed by atoms with E-state index in [1.54, 1.807) is 13.3 Å². The van der Waals surface area contributed by atoms with E-state index in [1.807, 2.05) is 54.5 Å². The SMILES string of the molecule is COc1ccccc1CCC(=O)N(C)[C@H]1CCO[C@@H]1c1cccnc1. The predicted molar refractivity (Wildman–Crippen MR) is 95.4 cm³/mol. The topological polar surface area (TPSA) is 51.7 Å². The fourth-order valence-corrected chi connectivity index (χ4v) is 3.35. The van der Waals surface area contributed by atoms with Crippen LogP contribution in [0.1, 0.15) is 30.1 Å². The zero-order valence-corrected chi connectivity index (χ0v) is 14.7. The van der Waals surface area contributed by atoms with Gasteiger partial charge in [0.1, 0.15) is 11.9 Å². The maximum Gasteiger partial charge on any atom is 0.222 e. The Balaban J connectivity index is 1.63. The highest BCUT2D eigenvalue weighted by atomic mass is 16.5. The molecule has 1 aromatic heterocycles. The van der Waals surface area contributed by atoms with E-state index in [1.165, 1.54) is 0 Å². The normalized spacial score (nSPS) is 19.6. The number of methoxy groups -OCH3 is 1. The van der Waals surface area contributed by atoms with Crippen molar-refractivity contribution in [2.45, 2.75) is 31.4 Å². The van der Waals surface area contributed by atoms with Gasteiger partial charge in [-0.1, -0.05) is 24.3 Å². The van der Waals surface area contributed by atoms with E-state index in [0.717, 1.165) is 23.3 Å². The summed E-state index contributed by atoms with van der Waals surface area (Å²) in [6.45, 7) is 0.661. The van der Waals surface area contributed by atoms with Gasteiger partial charge in [0.05, 0.1) is 13.2 Å². The average molecular weight is 340 g/mol. The highest BCUT2D eigenvalue weighted by molar-refractivity contribution is 5.76. The third-order valence-corrected chi connectivity index (χ3v) is 4.77. The van der Waals surface area contributed by atoms with Gasteiger partial charge in [-0.3, -0.25) is 9.78 Å². The molecule has 5 nitrogen and oxygen atoms in total. The van der Waals surface area contributed by atoms with Crippen LogP contribution >= 0.6 is 0 Å². The van der Waals surface area contributed by atoms with E-state index in [0.29, 0.717) is 19.4 Å². The van der Waals surface area contributed by atoms with Crippen molar-refractivity contribution in [3.63, 3.8) is 0 Å². The second-order valence-corrected chi connectivity index (χ2v) is 6.25. The summed E-state index contributed by atoms with van der Waals surface area (Å²) >= 11 is 0. The second kappa shape index (κ2) is 8.12. The van der Waals surface area contributed by atoms with Crippen molar-refractivity contribution in [3.05, 3.63) is 59.9 Å². The molecule has 5 heteroatoms. The number of para-hydroxylation sites is 1. The van der Waals surface area contributed by atoms with Gasteiger partial charge >= 0.3 is 0 Å². The van der Waals surface area contributed by atoms with Crippen molar-refractivity contribution in [3.8, 4) is 5.75 Å². The van der Waals surface area contributed by atoms with Crippen molar-refractivity contribution in [1.29, 1.82) is 0 Å². The molecule has 0 radical (unpaired) electrons. The van der Waals surface area contributed by atoms with Crippen LogP contribution in [0.3, 0.4) is 0 Å². The summed E-state index contributed by atoms with van der Waals surface area (Å²) in [5.41, 5.74) is 2.08. The van der Waals surface area contributed by atoms with Gasteiger partial charge in [0.15, 0.2) is 0 Å². The fourth-order valence-electron chi connectivity index (χ4n) is 3.35. The summed E-state index contributed by atoms with van der Waals surface area (Å²) in [6.07, 6.45) is 5.42. The Morgan fingerprint density at radius 3 is 2.92 bits per heavy atom. The number of nitrogens with zero attached hydrogens (tertiary/aromatic N) is 2. The van der Waals surface area contributed by atoms with Crippen molar-refractivity contribution >= 4 is 5.91 Å². The lowest BCUT2D eigenvalue weighted by Gasteiger charge is -2.29. The van der Waals surface area contributed by atoms with Crippen LogP contribution < -0.4 is 4.74 Å². The lowest BCUT2D eigenvalue weighted by Crippen LogP contribution is -2.39. The summed E-state index contributed by atoms with van der Waals surface area (Å²) in [4.78, 5) is 18.7. The summed E-state index contributed by atoms with van der Waals surface area (Å²) in [7, 11) is 3.52. The second-order valence-electron chi connectivity index (χ2n) is 6.25. The van der Waals surface area contributed by atoms with Gasteiger partial charge in [-0.2, -0.15) is 0 Å². The molecule has 132 valence electrons. The zero-order chi connectivity index (χ0) is 17.6. The fraction of sp³-hybridized carbons (Fsp3) is 0.400. The maximum atomic E-state index is 12.7. The molecule has 1 aliphatic rings. The lowest BCUT2D eigenvalue weighted by atomic mass is 10.0. The van der Waals surface area contributed by atoms with Crippen LogP contribution in [0.4, 0.5) is 0 Å². The molecular formula is C20H24N2O3. The molecule has 0 saturated carbocycles. The van der Waals surface area contributed by atoms with Crippen LogP contribution in [0.25, 0.3) is 0 Å². The quantitative estimate of drug-likeness (QED) is 0.811. The molecule has 3 rings (SSSR count). The standard InChI is InChI=1S/C20H24N2O3/c1-22(17-11-13-25-20(17)16-7-5-12-21-14-16)19(23)10-9-15-6-3-4-8-18(15)24-2/h3-8,12,14,17,20H,9-11,13H2,1-2H3/t17-,20+/m0/s1. The van der Waals surface area contributed by atoms with Crippen LogP contribution in [0.15, 0.2) is 48.8 Å². The molecule has 1 aliphatic heterocycles. The molecule has 1 fully saturated rings. The van der Waals surface area contributed by atoms with Gasteiger partial charge in [0, 0.05) is 38.0 Å². The average Bonchev–Trinajstić information content (AvgIpc) is 3.16. The van der Waals surface area contributed by atoms with Crippen LogP contribution in [-0.4, -0.2) is 42.6 Å². The Hall–Kier alpha value is -2.40. The van der Waals surface area contributed by atoms with Gasteiger partial charge in [-0.25, -0.2) is 0 Å². The Labute approximate surface area is 148 Å². The molecule has 0 unspecified atom stereocenters. The highest BCUT2D eigenvalue weighted by Crippen LogP contribution is 2.32. The number of rotatable bonds is 6. The number of benzene rings is 1.